The fraction of sp³-hybridized carbons (Fsp3) is 0.125. The molecule has 11 heteroatoms. The Bertz CT molecular complexity index is 1260. The number of aliphatic imine (C=N–C) groups is 1. The Morgan fingerprint density at radius 1 is 0.829 bits per heavy atom. The molecule has 1 unspecified atom stereocenters. The molecule has 4 rings (SSSR count). The zero-order valence-corrected chi connectivity index (χ0v) is 20.3. The first kappa shape index (κ1) is 24.9. The minimum atomic E-state index is -2.30. The summed E-state index contributed by atoms with van der Waals surface area (Å²) in [5, 5.41) is 0. The van der Waals surface area contributed by atoms with Gasteiger partial charge in [0.25, 0.3) is 5.91 Å². The largest absolute Gasteiger partial charge is 0.337 e. The summed E-state index contributed by atoms with van der Waals surface area (Å²) in [6.45, 7) is 0. The number of amides is 3. The summed E-state index contributed by atoms with van der Waals surface area (Å²) in [4.78, 5) is 33.2. The number of urea groups is 1. The molecule has 0 saturated carbocycles. The quantitative estimate of drug-likeness (QED) is 0.284. The number of anilines is 3. The van der Waals surface area contributed by atoms with E-state index in [4.69, 9.17) is 34.8 Å². The van der Waals surface area contributed by atoms with Crippen molar-refractivity contribution in [3.63, 3.8) is 0 Å². The number of carbonyl (C=O) groups is 2. The van der Waals surface area contributed by atoms with E-state index >= 15 is 0 Å². The molecule has 0 radical (unpaired) electrons. The predicted octanol–water partition coefficient (Wildman–Crippen LogP) is 6.30. The highest BCUT2D eigenvalue weighted by molar-refractivity contribution is 6.68. The van der Waals surface area contributed by atoms with Crippen molar-refractivity contribution in [1.82, 2.24) is 4.90 Å². The van der Waals surface area contributed by atoms with Crippen LogP contribution in [0.1, 0.15) is 0 Å². The molecule has 1 aliphatic rings. The van der Waals surface area contributed by atoms with Gasteiger partial charge in [0.05, 0.1) is 17.1 Å². The SMILES string of the molecule is CN1C(=O)C(=NC(N(c2ccccc2F)c2ccccc2F)C(Cl)(Cl)Cl)N(c2ccccc2)C1=O. The Morgan fingerprint density at radius 2 is 1.31 bits per heavy atom. The van der Waals surface area contributed by atoms with E-state index < -0.39 is 33.5 Å². The van der Waals surface area contributed by atoms with E-state index in [9.17, 15) is 18.4 Å². The summed E-state index contributed by atoms with van der Waals surface area (Å²) in [5.74, 6) is -2.65. The Kier molecular flexibility index (Phi) is 6.98. The molecule has 35 heavy (non-hydrogen) atoms. The van der Waals surface area contributed by atoms with Gasteiger partial charge in [-0.2, -0.15) is 0 Å². The molecule has 0 spiro atoms. The van der Waals surface area contributed by atoms with Gasteiger partial charge in [0.15, 0.2) is 6.17 Å². The van der Waals surface area contributed by atoms with E-state index in [-0.39, 0.29) is 17.2 Å². The van der Waals surface area contributed by atoms with Crippen molar-refractivity contribution in [2.45, 2.75) is 9.96 Å². The Morgan fingerprint density at radius 3 is 1.80 bits per heavy atom. The first-order valence-electron chi connectivity index (χ1n) is 10.2. The predicted molar refractivity (Wildman–Crippen MR) is 134 cm³/mol. The van der Waals surface area contributed by atoms with Gasteiger partial charge in [-0.15, -0.1) is 0 Å². The van der Waals surface area contributed by atoms with Crippen molar-refractivity contribution < 1.29 is 18.4 Å². The fourth-order valence-corrected chi connectivity index (χ4v) is 4.02. The molecule has 3 aromatic carbocycles. The minimum absolute atomic E-state index is 0.158. The molecule has 0 N–H and O–H groups in total. The van der Waals surface area contributed by atoms with Crippen LogP contribution in [0.2, 0.25) is 0 Å². The molecule has 3 aromatic rings. The lowest BCUT2D eigenvalue weighted by Gasteiger charge is -2.35. The molecule has 1 heterocycles. The Hall–Kier alpha value is -3.20. The van der Waals surface area contributed by atoms with Crippen molar-refractivity contribution in [1.29, 1.82) is 0 Å². The summed E-state index contributed by atoms with van der Waals surface area (Å²) >= 11 is 18.9. The number of hydrogen-bond acceptors (Lipinski definition) is 4. The van der Waals surface area contributed by atoms with Crippen LogP contribution in [-0.2, 0) is 4.79 Å². The van der Waals surface area contributed by atoms with Gasteiger partial charge in [0.1, 0.15) is 11.6 Å². The average Bonchev–Trinajstić information content (AvgIpc) is 3.04. The van der Waals surface area contributed by atoms with Gasteiger partial charge in [0.2, 0.25) is 9.63 Å². The summed E-state index contributed by atoms with van der Waals surface area (Å²) < 4.78 is 27.7. The molecule has 0 aliphatic carbocycles. The Labute approximate surface area is 214 Å². The van der Waals surface area contributed by atoms with Crippen molar-refractivity contribution in [2.75, 3.05) is 16.8 Å². The second-order valence-electron chi connectivity index (χ2n) is 7.46. The molecular weight excluding hydrogens is 521 g/mol. The average molecular weight is 538 g/mol. The van der Waals surface area contributed by atoms with Gasteiger partial charge in [-0.1, -0.05) is 77.3 Å². The van der Waals surface area contributed by atoms with Crippen LogP contribution < -0.4 is 9.80 Å². The van der Waals surface area contributed by atoms with Crippen LogP contribution in [0.3, 0.4) is 0 Å². The van der Waals surface area contributed by atoms with Crippen LogP contribution >= 0.6 is 34.8 Å². The molecule has 0 aromatic heterocycles. The topological polar surface area (TPSA) is 56.2 Å². The van der Waals surface area contributed by atoms with E-state index in [1.807, 2.05) is 0 Å². The van der Waals surface area contributed by atoms with E-state index in [1.165, 1.54) is 43.4 Å². The third-order valence-corrected chi connectivity index (χ3v) is 5.79. The summed E-state index contributed by atoms with van der Waals surface area (Å²) in [7, 11) is 1.28. The second kappa shape index (κ2) is 9.81. The molecule has 1 aliphatic heterocycles. The van der Waals surface area contributed by atoms with Crippen LogP contribution in [0, 0.1) is 11.6 Å². The van der Waals surface area contributed by atoms with Crippen LogP contribution in [0.15, 0.2) is 83.9 Å². The van der Waals surface area contributed by atoms with Crippen molar-refractivity contribution in [3.8, 4) is 0 Å². The third-order valence-electron chi connectivity index (χ3n) is 5.21. The highest BCUT2D eigenvalue weighted by Crippen LogP contribution is 2.42. The van der Waals surface area contributed by atoms with Gasteiger partial charge < -0.3 is 4.90 Å². The van der Waals surface area contributed by atoms with Crippen molar-refractivity contribution >= 4 is 69.6 Å². The number of amidine groups is 1. The number of nitrogens with zero attached hydrogens (tertiary/aromatic N) is 4. The lowest BCUT2D eigenvalue weighted by molar-refractivity contribution is -0.119. The smallest absolute Gasteiger partial charge is 0.310 e. The molecule has 3 amide bonds. The third kappa shape index (κ3) is 4.82. The zero-order chi connectivity index (χ0) is 25.3. The van der Waals surface area contributed by atoms with E-state index in [0.717, 1.165) is 26.8 Å². The number of likely N-dealkylation sites (N-methyl/N-ethyl adjacent to an activating group) is 1. The van der Waals surface area contributed by atoms with Gasteiger partial charge in [-0.25, -0.2) is 23.5 Å². The number of halogens is 5. The van der Waals surface area contributed by atoms with E-state index in [0.29, 0.717) is 5.69 Å². The maximum Gasteiger partial charge on any atom is 0.337 e. The summed E-state index contributed by atoms with van der Waals surface area (Å²) in [5.41, 5.74) is 0.0182. The highest BCUT2D eigenvalue weighted by atomic mass is 35.6. The molecule has 180 valence electrons. The number of imide groups is 1. The van der Waals surface area contributed by atoms with Gasteiger partial charge in [0, 0.05) is 7.05 Å². The van der Waals surface area contributed by atoms with Gasteiger partial charge >= 0.3 is 6.03 Å². The van der Waals surface area contributed by atoms with Gasteiger partial charge in [-0.05, 0) is 36.4 Å². The number of alkyl halides is 3. The monoisotopic (exact) mass is 536 g/mol. The molecule has 1 fully saturated rings. The molecule has 1 atom stereocenters. The highest BCUT2D eigenvalue weighted by Gasteiger charge is 2.46. The first-order valence-corrected chi connectivity index (χ1v) is 11.3. The molecular formula is C24H17Cl3F2N4O2. The number of carbonyl (C=O) groups excluding carboxylic acids is 2. The van der Waals surface area contributed by atoms with Crippen molar-refractivity contribution in [3.05, 3.63) is 90.5 Å². The number of para-hydroxylation sites is 3. The van der Waals surface area contributed by atoms with E-state index in [1.54, 1.807) is 30.3 Å². The summed E-state index contributed by atoms with van der Waals surface area (Å²) in [6, 6.07) is 18.5. The minimum Gasteiger partial charge on any atom is -0.310 e. The van der Waals surface area contributed by atoms with Gasteiger partial charge in [-0.3, -0.25) is 9.69 Å². The zero-order valence-electron chi connectivity index (χ0n) is 18.1. The number of rotatable bonds is 5. The standard InChI is InChI=1S/C24H17Cl3F2N4O2/c1-31-21(34)20(32(23(31)35)15-9-3-2-4-10-15)30-22(24(25,26)27)33(18-13-7-5-11-16(18)28)19-14-8-6-12-17(19)29/h2-14,22H,1H3. The normalized spacial score (nSPS) is 16.2. The van der Waals surface area contributed by atoms with Crippen LogP contribution in [0.4, 0.5) is 30.6 Å². The first-order chi connectivity index (χ1) is 16.6. The van der Waals surface area contributed by atoms with Crippen LogP contribution in [-0.4, -0.2) is 39.7 Å². The maximum absolute atomic E-state index is 15.0. The lowest BCUT2D eigenvalue weighted by atomic mass is 10.2. The molecule has 6 nitrogen and oxygen atoms in total. The lowest BCUT2D eigenvalue weighted by Crippen LogP contribution is -2.43. The van der Waals surface area contributed by atoms with Crippen LogP contribution in [0.5, 0.6) is 0 Å². The molecule has 1 saturated heterocycles. The fourth-order valence-electron chi connectivity index (χ4n) is 3.58. The summed E-state index contributed by atoms with van der Waals surface area (Å²) in [6.07, 6.45) is -1.66. The molecule has 0 bridgehead atoms. The maximum atomic E-state index is 15.0. The van der Waals surface area contributed by atoms with Crippen LogP contribution in [0.25, 0.3) is 0 Å². The number of hydrogen-bond donors (Lipinski definition) is 0. The Balaban J connectivity index is 1.97. The van der Waals surface area contributed by atoms with E-state index in [2.05, 4.69) is 4.99 Å². The van der Waals surface area contributed by atoms with Crippen molar-refractivity contribution in [2.24, 2.45) is 4.99 Å². The number of benzene rings is 3. The second-order valence-corrected chi connectivity index (χ2v) is 9.83.